The van der Waals surface area contributed by atoms with Crippen molar-refractivity contribution in [3.05, 3.63) is 0 Å². The monoisotopic (exact) mass is 314 g/mol. The Kier molecular flexibility index (Phi) is 15.8. The summed E-state index contributed by atoms with van der Waals surface area (Å²) < 4.78 is 0. The summed E-state index contributed by atoms with van der Waals surface area (Å²) in [5.41, 5.74) is 5.23. The molecule has 2 N–H and O–H groups in total. The summed E-state index contributed by atoms with van der Waals surface area (Å²) in [7, 11) is 0. The normalized spacial score (nSPS) is 8.25. The second-order valence-electron chi connectivity index (χ2n) is 1.54. The third-order valence-corrected chi connectivity index (χ3v) is 1.11. The average Bonchev–Trinajstić information content (AvgIpc) is 1.69. The topological polar surface area (TPSA) is 26.0 Å². The van der Waals surface area contributed by atoms with Crippen molar-refractivity contribution in [1.82, 2.24) is 0 Å². The van der Waals surface area contributed by atoms with Gasteiger partial charge in [0.1, 0.15) is 0 Å². The van der Waals surface area contributed by atoms with Crippen LogP contribution < -0.4 is 5.73 Å². The number of hydrogen-bond acceptors (Lipinski definition) is 1. The largest absolute Gasteiger partial charge is 0.330 e. The van der Waals surface area contributed by atoms with Crippen LogP contribution in [0.4, 0.5) is 0 Å². The Morgan fingerprint density at radius 1 is 1.12 bits per heavy atom. The molecule has 1 nitrogen and oxygen atoms in total. The molecule has 0 fully saturated rings. The molecule has 0 atom stereocenters. The molecule has 0 heterocycles. The Labute approximate surface area is 69.3 Å². The molecule has 0 aliphatic rings. The standard InChI is InChI=1S/C5H12ClN.Ir/c6-4-2-1-3-5-7;/h1-5,7H2;. The SMILES string of the molecule is NCCCCCCl.[Ir]. The van der Waals surface area contributed by atoms with Gasteiger partial charge >= 0.3 is 0 Å². The van der Waals surface area contributed by atoms with Gasteiger partial charge in [-0.2, -0.15) is 0 Å². The van der Waals surface area contributed by atoms with Crippen molar-refractivity contribution in [2.45, 2.75) is 19.3 Å². The number of hydrogen-bond donors (Lipinski definition) is 1. The summed E-state index contributed by atoms with van der Waals surface area (Å²) in [5.74, 6) is 0.778. The van der Waals surface area contributed by atoms with Crippen LogP contribution in [-0.4, -0.2) is 12.4 Å². The summed E-state index contributed by atoms with van der Waals surface area (Å²) in [5, 5.41) is 0. The smallest absolute Gasteiger partial charge is 0.0223 e. The van der Waals surface area contributed by atoms with E-state index in [4.69, 9.17) is 17.3 Å². The number of unbranched alkanes of at least 4 members (excludes halogenated alkanes) is 2. The molecule has 0 aromatic heterocycles. The van der Waals surface area contributed by atoms with Gasteiger partial charge in [0.25, 0.3) is 0 Å². The van der Waals surface area contributed by atoms with Crippen molar-refractivity contribution in [2.24, 2.45) is 5.73 Å². The van der Waals surface area contributed by atoms with Crippen molar-refractivity contribution >= 4 is 11.6 Å². The summed E-state index contributed by atoms with van der Waals surface area (Å²) in [6.07, 6.45) is 3.41. The molecule has 0 saturated carbocycles. The predicted octanol–water partition coefficient (Wildman–Crippen LogP) is 1.35. The van der Waals surface area contributed by atoms with Crippen LogP contribution in [0.15, 0.2) is 0 Å². The minimum Gasteiger partial charge on any atom is -0.330 e. The van der Waals surface area contributed by atoms with Crippen LogP contribution >= 0.6 is 11.6 Å². The molecule has 3 heteroatoms. The summed E-state index contributed by atoms with van der Waals surface area (Å²) in [6.45, 7) is 0.802. The van der Waals surface area contributed by atoms with Gasteiger partial charge in [-0.15, -0.1) is 11.6 Å². The van der Waals surface area contributed by atoms with Crippen molar-refractivity contribution in [2.75, 3.05) is 12.4 Å². The van der Waals surface area contributed by atoms with Gasteiger partial charge in [0.15, 0.2) is 0 Å². The van der Waals surface area contributed by atoms with Gasteiger partial charge in [0.05, 0.1) is 0 Å². The first kappa shape index (κ1) is 11.7. The zero-order valence-corrected chi connectivity index (χ0v) is 7.98. The molecular weight excluding hydrogens is 302 g/mol. The molecule has 0 aromatic rings. The van der Waals surface area contributed by atoms with Crippen LogP contribution in [0.1, 0.15) is 19.3 Å². The zero-order chi connectivity index (χ0) is 5.54. The van der Waals surface area contributed by atoms with Crippen molar-refractivity contribution in [3.8, 4) is 0 Å². The molecule has 0 aliphatic carbocycles. The van der Waals surface area contributed by atoms with E-state index in [2.05, 4.69) is 0 Å². The van der Waals surface area contributed by atoms with E-state index in [9.17, 15) is 0 Å². The Bertz CT molecular complexity index is 31.6. The Morgan fingerprint density at radius 2 is 1.75 bits per heavy atom. The van der Waals surface area contributed by atoms with E-state index >= 15 is 0 Å². The van der Waals surface area contributed by atoms with E-state index in [1.165, 1.54) is 6.42 Å². The third-order valence-electron chi connectivity index (χ3n) is 0.838. The van der Waals surface area contributed by atoms with Gasteiger partial charge in [-0.1, -0.05) is 6.42 Å². The van der Waals surface area contributed by atoms with Gasteiger partial charge in [-0.05, 0) is 19.4 Å². The molecule has 8 heavy (non-hydrogen) atoms. The maximum atomic E-state index is 5.40. The van der Waals surface area contributed by atoms with E-state index in [0.29, 0.717) is 0 Å². The second-order valence-corrected chi connectivity index (χ2v) is 1.92. The van der Waals surface area contributed by atoms with Crippen LogP contribution in [0.3, 0.4) is 0 Å². The van der Waals surface area contributed by atoms with Gasteiger partial charge in [0, 0.05) is 26.0 Å². The number of halogens is 1. The first-order chi connectivity index (χ1) is 3.41. The minimum absolute atomic E-state index is 0. The first-order valence-corrected chi connectivity index (χ1v) is 3.21. The number of nitrogens with two attached hydrogens (primary N) is 1. The number of rotatable bonds is 4. The molecule has 0 unspecified atom stereocenters. The molecule has 0 aliphatic heterocycles. The summed E-state index contributed by atoms with van der Waals surface area (Å²) in [4.78, 5) is 0. The van der Waals surface area contributed by atoms with E-state index in [-0.39, 0.29) is 20.1 Å². The third kappa shape index (κ3) is 10.0. The molecule has 53 valence electrons. The Hall–Kier alpha value is 0.899. The molecule has 0 amide bonds. The van der Waals surface area contributed by atoms with Crippen LogP contribution in [-0.2, 0) is 20.1 Å². The second kappa shape index (κ2) is 10.8. The molecule has 0 saturated heterocycles. The van der Waals surface area contributed by atoms with Crippen molar-refractivity contribution in [1.29, 1.82) is 0 Å². The fraction of sp³-hybridized carbons (Fsp3) is 1.00. The maximum absolute atomic E-state index is 5.40. The molecule has 0 aromatic carbocycles. The summed E-state index contributed by atoms with van der Waals surface area (Å²) >= 11 is 5.40. The number of alkyl halides is 1. The van der Waals surface area contributed by atoms with Crippen LogP contribution in [0.5, 0.6) is 0 Å². The molecule has 0 rings (SSSR count). The first-order valence-electron chi connectivity index (χ1n) is 2.68. The van der Waals surface area contributed by atoms with Gasteiger partial charge in [0.2, 0.25) is 0 Å². The van der Waals surface area contributed by atoms with Crippen LogP contribution in [0, 0.1) is 0 Å². The maximum Gasteiger partial charge on any atom is 0.0223 e. The fourth-order valence-corrected chi connectivity index (χ4v) is 0.605. The van der Waals surface area contributed by atoms with Crippen LogP contribution in [0.2, 0.25) is 0 Å². The Morgan fingerprint density at radius 3 is 2.12 bits per heavy atom. The Balaban J connectivity index is 0. The van der Waals surface area contributed by atoms with Crippen molar-refractivity contribution in [3.63, 3.8) is 0 Å². The summed E-state index contributed by atoms with van der Waals surface area (Å²) in [6, 6.07) is 0. The van der Waals surface area contributed by atoms with E-state index in [0.717, 1.165) is 25.3 Å². The van der Waals surface area contributed by atoms with E-state index in [1.54, 1.807) is 0 Å². The van der Waals surface area contributed by atoms with E-state index in [1.807, 2.05) is 0 Å². The molecule has 0 bridgehead atoms. The molecular formula is C5H12ClIrN. The van der Waals surface area contributed by atoms with Gasteiger partial charge < -0.3 is 5.73 Å². The zero-order valence-electron chi connectivity index (χ0n) is 4.82. The van der Waals surface area contributed by atoms with Gasteiger partial charge in [-0.25, -0.2) is 0 Å². The average molecular weight is 314 g/mol. The quantitative estimate of drug-likeness (QED) is 0.615. The van der Waals surface area contributed by atoms with E-state index < -0.39 is 0 Å². The van der Waals surface area contributed by atoms with Gasteiger partial charge in [-0.3, -0.25) is 0 Å². The molecule has 1 radical (unpaired) electrons. The molecule has 0 spiro atoms. The minimum atomic E-state index is 0. The fourth-order valence-electron chi connectivity index (χ4n) is 0.416. The van der Waals surface area contributed by atoms with Crippen LogP contribution in [0.25, 0.3) is 0 Å². The predicted molar refractivity (Wildman–Crippen MR) is 33.6 cm³/mol. The van der Waals surface area contributed by atoms with Crippen molar-refractivity contribution < 1.29 is 20.1 Å².